The Morgan fingerprint density at radius 2 is 1.64 bits per heavy atom. The van der Waals surface area contributed by atoms with Gasteiger partial charge in [0, 0.05) is 12.8 Å². The number of rotatable bonds is 9. The lowest BCUT2D eigenvalue weighted by Crippen LogP contribution is -1.94. The van der Waals surface area contributed by atoms with E-state index >= 15 is 0 Å². The quantitative estimate of drug-likeness (QED) is 0.581. The van der Waals surface area contributed by atoms with Crippen LogP contribution in [0, 0.1) is 6.42 Å². The van der Waals surface area contributed by atoms with Crippen LogP contribution in [-0.4, -0.2) is 16.9 Å². The Hall–Kier alpha value is -0.860. The van der Waals surface area contributed by atoms with Crippen LogP contribution in [0.1, 0.15) is 51.9 Å². The van der Waals surface area contributed by atoms with Crippen molar-refractivity contribution in [1.82, 2.24) is 0 Å². The predicted octanol–water partition coefficient (Wildman–Crippen LogP) is 2.59. The Balaban J connectivity index is 2.99. The lowest BCUT2D eigenvalue weighted by atomic mass is 10.1. The van der Waals surface area contributed by atoms with E-state index in [9.17, 15) is 9.59 Å². The highest BCUT2D eigenvalue weighted by atomic mass is 16.4. The predicted molar refractivity (Wildman–Crippen MR) is 54.9 cm³/mol. The number of Topliss-reactive ketones (excluding diaryl/α,β-unsaturated/α-hetero) is 1. The number of ketones is 1. The van der Waals surface area contributed by atoms with Crippen molar-refractivity contribution >= 4 is 11.8 Å². The van der Waals surface area contributed by atoms with Gasteiger partial charge in [-0.05, 0) is 19.8 Å². The number of hydrogen-bond donors (Lipinski definition) is 1. The number of carbonyl (C=O) groups excluding carboxylic acids is 1. The summed E-state index contributed by atoms with van der Waals surface area (Å²) < 4.78 is 0. The second-order valence-electron chi connectivity index (χ2n) is 3.51. The van der Waals surface area contributed by atoms with Crippen molar-refractivity contribution in [1.29, 1.82) is 0 Å². The van der Waals surface area contributed by atoms with Gasteiger partial charge in [0.2, 0.25) is 0 Å². The lowest BCUT2D eigenvalue weighted by Gasteiger charge is -1.99. The van der Waals surface area contributed by atoms with Crippen molar-refractivity contribution in [2.75, 3.05) is 0 Å². The standard InChI is InChI=1S/C11H19O3/c1-10(12)8-6-4-2-3-5-7-9-11(13)14/h8H,2-7,9H2,1H3,(H,13,14). The average Bonchev–Trinajstić information content (AvgIpc) is 2.08. The van der Waals surface area contributed by atoms with Crippen molar-refractivity contribution in [3.63, 3.8) is 0 Å². The first-order chi connectivity index (χ1) is 6.63. The van der Waals surface area contributed by atoms with E-state index < -0.39 is 5.97 Å². The summed E-state index contributed by atoms with van der Waals surface area (Å²) in [5.41, 5.74) is 0. The maximum atomic E-state index is 10.5. The molecule has 0 aromatic rings. The van der Waals surface area contributed by atoms with E-state index in [4.69, 9.17) is 5.11 Å². The molecule has 1 radical (unpaired) electrons. The summed E-state index contributed by atoms with van der Waals surface area (Å²) in [6, 6.07) is 0. The van der Waals surface area contributed by atoms with Gasteiger partial charge in [-0.25, -0.2) is 0 Å². The molecule has 0 heterocycles. The third kappa shape index (κ3) is 11.1. The molecule has 1 N–H and O–H groups in total. The van der Waals surface area contributed by atoms with Crippen LogP contribution in [0.15, 0.2) is 0 Å². The SMILES string of the molecule is CC(=O)[CH]CCCCCCCC(=O)O. The van der Waals surface area contributed by atoms with Crippen LogP contribution in [0.4, 0.5) is 0 Å². The summed E-state index contributed by atoms with van der Waals surface area (Å²) in [5.74, 6) is -0.578. The van der Waals surface area contributed by atoms with E-state index in [1.807, 2.05) is 0 Å². The van der Waals surface area contributed by atoms with Crippen molar-refractivity contribution < 1.29 is 14.7 Å². The first-order valence-electron chi connectivity index (χ1n) is 5.18. The molecule has 0 aliphatic rings. The third-order valence-electron chi connectivity index (χ3n) is 2.03. The van der Waals surface area contributed by atoms with Gasteiger partial charge in [-0.2, -0.15) is 0 Å². The Kier molecular flexibility index (Phi) is 8.19. The van der Waals surface area contributed by atoms with Gasteiger partial charge in [0.15, 0.2) is 0 Å². The first kappa shape index (κ1) is 13.1. The highest BCUT2D eigenvalue weighted by molar-refractivity contribution is 5.84. The number of aliphatic carboxylic acids is 1. The normalized spacial score (nSPS) is 10.1. The third-order valence-corrected chi connectivity index (χ3v) is 2.03. The van der Waals surface area contributed by atoms with E-state index in [0.717, 1.165) is 38.5 Å². The van der Waals surface area contributed by atoms with Gasteiger partial charge in [0.05, 0.1) is 0 Å². The van der Waals surface area contributed by atoms with Gasteiger partial charge >= 0.3 is 5.97 Å². The van der Waals surface area contributed by atoms with E-state index in [2.05, 4.69) is 0 Å². The minimum Gasteiger partial charge on any atom is -0.481 e. The Morgan fingerprint density at radius 3 is 2.21 bits per heavy atom. The number of unbranched alkanes of at least 4 members (excludes halogenated alkanes) is 5. The molecule has 0 atom stereocenters. The Bertz CT molecular complexity index is 155. The first-order valence-corrected chi connectivity index (χ1v) is 5.18. The molecule has 0 bridgehead atoms. The highest BCUT2D eigenvalue weighted by Crippen LogP contribution is 2.08. The molecule has 0 aromatic carbocycles. The number of carboxylic acid groups (broad SMARTS) is 1. The van der Waals surface area contributed by atoms with Crippen molar-refractivity contribution in [2.24, 2.45) is 0 Å². The molecule has 0 rings (SSSR count). The molecule has 0 aromatic heterocycles. The molecule has 3 nitrogen and oxygen atoms in total. The smallest absolute Gasteiger partial charge is 0.303 e. The molecule has 0 unspecified atom stereocenters. The second kappa shape index (κ2) is 8.73. The Morgan fingerprint density at radius 1 is 1.07 bits per heavy atom. The Labute approximate surface area is 85.5 Å². The fourth-order valence-corrected chi connectivity index (χ4v) is 1.26. The van der Waals surface area contributed by atoms with Crippen LogP contribution >= 0.6 is 0 Å². The van der Waals surface area contributed by atoms with Gasteiger partial charge in [-0.3, -0.25) is 9.59 Å². The summed E-state index contributed by atoms with van der Waals surface area (Å²) in [4.78, 5) is 20.7. The van der Waals surface area contributed by atoms with Gasteiger partial charge in [0.25, 0.3) is 0 Å². The van der Waals surface area contributed by atoms with Gasteiger partial charge in [-0.1, -0.05) is 25.7 Å². The van der Waals surface area contributed by atoms with Crippen molar-refractivity contribution in [2.45, 2.75) is 51.9 Å². The molecular formula is C11H19O3. The molecule has 0 aliphatic carbocycles. The van der Waals surface area contributed by atoms with E-state index in [-0.39, 0.29) is 12.2 Å². The van der Waals surface area contributed by atoms with Crippen LogP contribution in [0.3, 0.4) is 0 Å². The zero-order valence-electron chi connectivity index (χ0n) is 8.79. The molecule has 0 saturated heterocycles. The summed E-state index contributed by atoms with van der Waals surface area (Å²) in [5, 5.41) is 8.37. The minimum atomic E-state index is -0.713. The minimum absolute atomic E-state index is 0.135. The van der Waals surface area contributed by atoms with Crippen LogP contribution in [0.2, 0.25) is 0 Å². The fraction of sp³-hybridized carbons (Fsp3) is 0.727. The van der Waals surface area contributed by atoms with Crippen LogP contribution in [0.5, 0.6) is 0 Å². The molecule has 3 heteroatoms. The van der Waals surface area contributed by atoms with Crippen LogP contribution in [-0.2, 0) is 9.59 Å². The van der Waals surface area contributed by atoms with Gasteiger partial charge in [-0.15, -0.1) is 0 Å². The second-order valence-corrected chi connectivity index (χ2v) is 3.51. The summed E-state index contributed by atoms with van der Waals surface area (Å²) in [7, 11) is 0. The topological polar surface area (TPSA) is 54.4 Å². The maximum absolute atomic E-state index is 10.5. The molecule has 0 amide bonds. The van der Waals surface area contributed by atoms with Gasteiger partial charge < -0.3 is 5.11 Å². The van der Waals surface area contributed by atoms with E-state index in [1.54, 1.807) is 13.3 Å². The molecule has 0 saturated carbocycles. The summed E-state index contributed by atoms with van der Waals surface area (Å²) >= 11 is 0. The highest BCUT2D eigenvalue weighted by Gasteiger charge is 1.97. The molecule has 0 spiro atoms. The van der Waals surface area contributed by atoms with E-state index in [1.165, 1.54) is 0 Å². The fourth-order valence-electron chi connectivity index (χ4n) is 1.26. The molecule has 81 valence electrons. The van der Waals surface area contributed by atoms with Gasteiger partial charge in [0.1, 0.15) is 5.78 Å². The molecule has 0 fully saturated rings. The van der Waals surface area contributed by atoms with Crippen LogP contribution in [0.25, 0.3) is 0 Å². The molecule has 14 heavy (non-hydrogen) atoms. The molecular weight excluding hydrogens is 180 g/mol. The average molecular weight is 199 g/mol. The van der Waals surface area contributed by atoms with Crippen molar-refractivity contribution in [3.05, 3.63) is 6.42 Å². The zero-order chi connectivity index (χ0) is 10.8. The number of carboxylic acids is 1. The lowest BCUT2D eigenvalue weighted by molar-refractivity contribution is -0.137. The monoisotopic (exact) mass is 199 g/mol. The largest absolute Gasteiger partial charge is 0.481 e. The van der Waals surface area contributed by atoms with E-state index in [0.29, 0.717) is 0 Å². The molecule has 0 aliphatic heterocycles. The number of hydrogen-bond acceptors (Lipinski definition) is 2. The number of carbonyl (C=O) groups is 2. The maximum Gasteiger partial charge on any atom is 0.303 e. The summed E-state index contributed by atoms with van der Waals surface area (Å²) in [6.45, 7) is 1.56. The van der Waals surface area contributed by atoms with Crippen molar-refractivity contribution in [3.8, 4) is 0 Å². The zero-order valence-corrected chi connectivity index (χ0v) is 8.79. The summed E-state index contributed by atoms with van der Waals surface area (Å²) in [6.07, 6.45) is 7.78. The van der Waals surface area contributed by atoms with Crippen LogP contribution < -0.4 is 0 Å².